The predicted molar refractivity (Wildman–Crippen MR) is 54.5 cm³/mol. The summed E-state index contributed by atoms with van der Waals surface area (Å²) in [6, 6.07) is 0.203. The van der Waals surface area contributed by atoms with Crippen LogP contribution in [0.2, 0.25) is 0 Å². The van der Waals surface area contributed by atoms with Gasteiger partial charge in [-0.15, -0.1) is 11.6 Å². The van der Waals surface area contributed by atoms with Gasteiger partial charge in [-0.2, -0.15) is 4.31 Å². The van der Waals surface area contributed by atoms with Gasteiger partial charge in [0, 0.05) is 18.5 Å². The van der Waals surface area contributed by atoms with Crippen LogP contribution in [0.1, 0.15) is 25.7 Å². The summed E-state index contributed by atoms with van der Waals surface area (Å²) >= 11 is 5.57. The fourth-order valence-corrected chi connectivity index (χ4v) is 3.35. The minimum Gasteiger partial charge on any atom is -0.212 e. The van der Waals surface area contributed by atoms with Gasteiger partial charge in [0.1, 0.15) is 0 Å². The Bertz CT molecular complexity index is 247. The third-order valence-corrected chi connectivity index (χ3v) is 3.96. The summed E-state index contributed by atoms with van der Waals surface area (Å²) in [5.74, 6) is 0.379. The van der Waals surface area contributed by atoms with Crippen LogP contribution in [0, 0.1) is 0 Å². The molecule has 0 radical (unpaired) electrons. The van der Waals surface area contributed by atoms with Crippen molar-refractivity contribution in [3.05, 3.63) is 0 Å². The SMILES string of the molecule is CS(=O)(=O)N(CCCl)C1CCCC1. The zero-order chi connectivity index (χ0) is 9.90. The predicted octanol–water partition coefficient (Wildman–Crippen LogP) is 1.43. The van der Waals surface area contributed by atoms with E-state index in [9.17, 15) is 8.42 Å². The summed E-state index contributed by atoms with van der Waals surface area (Å²) in [7, 11) is -3.06. The summed E-state index contributed by atoms with van der Waals surface area (Å²) in [4.78, 5) is 0. The Morgan fingerprint density at radius 2 is 1.92 bits per heavy atom. The monoisotopic (exact) mass is 225 g/mol. The van der Waals surface area contributed by atoms with Crippen molar-refractivity contribution in [1.82, 2.24) is 4.31 Å². The van der Waals surface area contributed by atoms with Crippen molar-refractivity contribution in [2.75, 3.05) is 18.7 Å². The Morgan fingerprint density at radius 3 is 2.31 bits per heavy atom. The minimum absolute atomic E-state index is 0.203. The largest absolute Gasteiger partial charge is 0.212 e. The number of halogens is 1. The summed E-state index contributed by atoms with van der Waals surface area (Å²) in [5, 5.41) is 0. The Balaban J connectivity index is 2.66. The summed E-state index contributed by atoms with van der Waals surface area (Å²) in [6.07, 6.45) is 5.52. The van der Waals surface area contributed by atoms with Crippen LogP contribution in [0.4, 0.5) is 0 Å². The maximum Gasteiger partial charge on any atom is 0.211 e. The molecule has 0 aromatic heterocycles. The second kappa shape index (κ2) is 4.62. The lowest BCUT2D eigenvalue weighted by Gasteiger charge is -2.25. The molecule has 13 heavy (non-hydrogen) atoms. The lowest BCUT2D eigenvalue weighted by atomic mass is 10.2. The lowest BCUT2D eigenvalue weighted by molar-refractivity contribution is 0.339. The smallest absolute Gasteiger partial charge is 0.211 e. The molecule has 0 amide bonds. The zero-order valence-electron chi connectivity index (χ0n) is 7.87. The molecule has 0 bridgehead atoms. The van der Waals surface area contributed by atoms with Gasteiger partial charge in [0.2, 0.25) is 10.0 Å². The third kappa shape index (κ3) is 3.11. The number of nitrogens with zero attached hydrogens (tertiary/aromatic N) is 1. The first-order valence-corrected chi connectivity index (χ1v) is 6.97. The molecule has 3 nitrogen and oxygen atoms in total. The van der Waals surface area contributed by atoms with E-state index in [1.165, 1.54) is 6.26 Å². The highest BCUT2D eigenvalue weighted by Gasteiger charge is 2.28. The van der Waals surface area contributed by atoms with Crippen LogP contribution in [-0.2, 0) is 10.0 Å². The van der Waals surface area contributed by atoms with Crippen molar-refractivity contribution in [3.8, 4) is 0 Å². The van der Waals surface area contributed by atoms with Gasteiger partial charge in [-0.3, -0.25) is 0 Å². The van der Waals surface area contributed by atoms with E-state index in [1.807, 2.05) is 0 Å². The van der Waals surface area contributed by atoms with Crippen LogP contribution in [0.25, 0.3) is 0 Å². The van der Waals surface area contributed by atoms with E-state index in [-0.39, 0.29) is 6.04 Å². The molecule has 0 aliphatic heterocycles. The lowest BCUT2D eigenvalue weighted by Crippen LogP contribution is -2.39. The Hall–Kier alpha value is 0.200. The maximum absolute atomic E-state index is 11.4. The molecule has 78 valence electrons. The summed E-state index contributed by atoms with van der Waals surface area (Å²) < 4.78 is 24.3. The number of alkyl halides is 1. The highest BCUT2D eigenvalue weighted by molar-refractivity contribution is 7.88. The normalized spacial score (nSPS) is 19.9. The summed E-state index contributed by atoms with van der Waals surface area (Å²) in [5.41, 5.74) is 0. The number of sulfonamides is 1. The molecule has 0 heterocycles. The minimum atomic E-state index is -3.06. The van der Waals surface area contributed by atoms with Gasteiger partial charge in [-0.25, -0.2) is 8.42 Å². The van der Waals surface area contributed by atoms with E-state index in [4.69, 9.17) is 11.6 Å². The first-order chi connectivity index (χ1) is 6.05. The molecular weight excluding hydrogens is 210 g/mol. The fraction of sp³-hybridized carbons (Fsp3) is 1.00. The molecule has 0 unspecified atom stereocenters. The second-order valence-corrected chi connectivity index (χ2v) is 5.81. The van der Waals surface area contributed by atoms with Gasteiger partial charge < -0.3 is 0 Å². The van der Waals surface area contributed by atoms with Crippen LogP contribution in [0.15, 0.2) is 0 Å². The van der Waals surface area contributed by atoms with Crippen LogP contribution in [0.5, 0.6) is 0 Å². The van der Waals surface area contributed by atoms with E-state index < -0.39 is 10.0 Å². The topological polar surface area (TPSA) is 37.4 Å². The van der Waals surface area contributed by atoms with Crippen molar-refractivity contribution >= 4 is 21.6 Å². The van der Waals surface area contributed by atoms with Crippen LogP contribution >= 0.6 is 11.6 Å². The Kier molecular flexibility index (Phi) is 4.01. The van der Waals surface area contributed by atoms with Crippen LogP contribution in [-0.4, -0.2) is 37.4 Å². The zero-order valence-corrected chi connectivity index (χ0v) is 9.44. The number of hydrogen-bond donors (Lipinski definition) is 0. The first kappa shape index (κ1) is 11.3. The Morgan fingerprint density at radius 1 is 1.38 bits per heavy atom. The molecular formula is C8H16ClNO2S. The van der Waals surface area contributed by atoms with Gasteiger partial charge in [0.05, 0.1) is 6.26 Å². The first-order valence-electron chi connectivity index (χ1n) is 4.58. The highest BCUT2D eigenvalue weighted by atomic mass is 35.5. The molecule has 1 fully saturated rings. The average Bonchev–Trinajstić information content (AvgIpc) is 2.49. The molecule has 1 saturated carbocycles. The molecule has 0 aromatic carbocycles. The van der Waals surface area contributed by atoms with E-state index in [2.05, 4.69) is 0 Å². The van der Waals surface area contributed by atoms with E-state index in [1.54, 1.807) is 4.31 Å². The van der Waals surface area contributed by atoms with Gasteiger partial charge in [-0.1, -0.05) is 12.8 Å². The van der Waals surface area contributed by atoms with Crippen molar-refractivity contribution in [3.63, 3.8) is 0 Å². The fourth-order valence-electron chi connectivity index (χ4n) is 1.89. The molecule has 0 N–H and O–H groups in total. The highest BCUT2D eigenvalue weighted by Crippen LogP contribution is 2.24. The second-order valence-electron chi connectivity index (χ2n) is 3.50. The van der Waals surface area contributed by atoms with Crippen molar-refractivity contribution in [2.24, 2.45) is 0 Å². The molecule has 1 aliphatic rings. The molecule has 0 spiro atoms. The molecule has 0 atom stereocenters. The number of hydrogen-bond acceptors (Lipinski definition) is 2. The van der Waals surface area contributed by atoms with E-state index in [0.29, 0.717) is 12.4 Å². The summed E-state index contributed by atoms with van der Waals surface area (Å²) in [6.45, 7) is 0.449. The van der Waals surface area contributed by atoms with Crippen LogP contribution < -0.4 is 0 Å². The third-order valence-electron chi connectivity index (χ3n) is 2.46. The van der Waals surface area contributed by atoms with E-state index >= 15 is 0 Å². The molecule has 0 saturated heterocycles. The van der Waals surface area contributed by atoms with Crippen molar-refractivity contribution < 1.29 is 8.42 Å². The van der Waals surface area contributed by atoms with Crippen LogP contribution in [0.3, 0.4) is 0 Å². The number of rotatable bonds is 4. The van der Waals surface area contributed by atoms with Gasteiger partial charge in [0.25, 0.3) is 0 Å². The van der Waals surface area contributed by atoms with E-state index in [0.717, 1.165) is 25.7 Å². The van der Waals surface area contributed by atoms with Crippen molar-refractivity contribution in [2.45, 2.75) is 31.7 Å². The molecule has 1 aliphatic carbocycles. The molecule has 0 aromatic rings. The van der Waals surface area contributed by atoms with Gasteiger partial charge in [0.15, 0.2) is 0 Å². The quantitative estimate of drug-likeness (QED) is 0.679. The van der Waals surface area contributed by atoms with Gasteiger partial charge >= 0.3 is 0 Å². The van der Waals surface area contributed by atoms with Crippen molar-refractivity contribution in [1.29, 1.82) is 0 Å². The molecule has 1 rings (SSSR count). The Labute approximate surface area is 85.1 Å². The molecule has 5 heteroatoms. The standard InChI is InChI=1S/C8H16ClNO2S/c1-13(11,12)10(7-6-9)8-4-2-3-5-8/h8H,2-7H2,1H3. The maximum atomic E-state index is 11.4. The average molecular weight is 226 g/mol. The van der Waals surface area contributed by atoms with Gasteiger partial charge in [-0.05, 0) is 12.8 Å².